The summed E-state index contributed by atoms with van der Waals surface area (Å²) in [4.78, 5) is 23.5. The van der Waals surface area contributed by atoms with Crippen LogP contribution < -0.4 is 19.5 Å². The zero-order valence-electron chi connectivity index (χ0n) is 15.9. The Balaban J connectivity index is 1.93. The third kappa shape index (κ3) is 5.62. The van der Waals surface area contributed by atoms with E-state index in [1.54, 1.807) is 25.1 Å². The van der Waals surface area contributed by atoms with Crippen LogP contribution in [0.5, 0.6) is 17.2 Å². The molecule has 0 spiro atoms. The third-order valence-electron chi connectivity index (χ3n) is 3.83. The van der Waals surface area contributed by atoms with E-state index in [1.165, 1.54) is 38.5 Å². The van der Waals surface area contributed by atoms with Crippen molar-refractivity contribution < 1.29 is 33.6 Å². The Hall–Kier alpha value is -3.26. The van der Waals surface area contributed by atoms with Crippen molar-refractivity contribution in [2.24, 2.45) is 0 Å². The summed E-state index contributed by atoms with van der Waals surface area (Å²) in [6.45, 7) is 1.89. The third-order valence-corrected chi connectivity index (χ3v) is 3.83. The molecule has 0 heterocycles. The summed E-state index contributed by atoms with van der Waals surface area (Å²) in [7, 11) is 3.03. The molecule has 0 bridgehead atoms. The number of nitrogens with one attached hydrogen (secondary N) is 1. The zero-order valence-corrected chi connectivity index (χ0v) is 15.9. The molecule has 2 aromatic rings. The molecule has 150 valence electrons. The van der Waals surface area contributed by atoms with Gasteiger partial charge in [0.1, 0.15) is 5.75 Å². The number of hydrogen-bond donors (Lipinski definition) is 2. The fourth-order valence-corrected chi connectivity index (χ4v) is 2.39. The minimum atomic E-state index is -0.921. The van der Waals surface area contributed by atoms with E-state index in [0.717, 1.165) is 0 Å². The number of rotatable bonds is 8. The Kier molecular flexibility index (Phi) is 7.65. The van der Waals surface area contributed by atoms with E-state index in [-0.39, 0.29) is 24.8 Å². The van der Waals surface area contributed by atoms with Crippen LogP contribution in [0.15, 0.2) is 42.5 Å². The zero-order chi connectivity index (χ0) is 20.5. The molecule has 1 atom stereocenters. The first-order valence-corrected chi connectivity index (χ1v) is 8.61. The summed E-state index contributed by atoms with van der Waals surface area (Å²) in [5.41, 5.74) is 0.937. The van der Waals surface area contributed by atoms with Crippen molar-refractivity contribution in [2.75, 3.05) is 27.4 Å². The van der Waals surface area contributed by atoms with Crippen molar-refractivity contribution in [3.8, 4) is 17.2 Å². The summed E-state index contributed by atoms with van der Waals surface area (Å²) >= 11 is 0. The molecule has 0 aliphatic heterocycles. The first-order valence-electron chi connectivity index (χ1n) is 8.61. The minimum Gasteiger partial charge on any atom is -0.493 e. The quantitative estimate of drug-likeness (QED) is 0.528. The Bertz CT molecular complexity index is 805. The highest BCUT2D eigenvalue weighted by molar-refractivity contribution is 5.94. The summed E-state index contributed by atoms with van der Waals surface area (Å²) in [6.07, 6.45) is -1.73. The molecule has 2 aromatic carbocycles. The molecule has 0 saturated carbocycles. The van der Waals surface area contributed by atoms with E-state index in [0.29, 0.717) is 22.6 Å². The second-order valence-corrected chi connectivity index (χ2v) is 5.65. The normalized spacial score (nSPS) is 11.3. The molecule has 0 saturated heterocycles. The maximum absolute atomic E-state index is 12.2. The lowest BCUT2D eigenvalue weighted by Gasteiger charge is -2.15. The van der Waals surface area contributed by atoms with Crippen LogP contribution in [-0.2, 0) is 4.74 Å². The van der Waals surface area contributed by atoms with Crippen LogP contribution >= 0.6 is 0 Å². The smallest absolute Gasteiger partial charge is 0.493 e. The fourth-order valence-electron chi connectivity index (χ4n) is 2.39. The highest BCUT2D eigenvalue weighted by Crippen LogP contribution is 2.29. The highest BCUT2D eigenvalue weighted by Gasteiger charge is 2.14. The van der Waals surface area contributed by atoms with Gasteiger partial charge in [0.15, 0.2) is 11.5 Å². The SMILES string of the molecule is CCOC(=O)Oc1ccc(C(=O)NCC(O)c2ccc(OC)c(OC)c2)cc1. The number of amides is 1. The summed E-state index contributed by atoms with van der Waals surface area (Å²) in [6, 6.07) is 11.0. The van der Waals surface area contributed by atoms with E-state index in [4.69, 9.17) is 14.2 Å². The number of hydrogen-bond acceptors (Lipinski definition) is 7. The van der Waals surface area contributed by atoms with Crippen molar-refractivity contribution in [1.82, 2.24) is 5.32 Å². The predicted molar refractivity (Wildman–Crippen MR) is 101 cm³/mol. The Morgan fingerprint density at radius 2 is 1.71 bits per heavy atom. The van der Waals surface area contributed by atoms with E-state index < -0.39 is 12.3 Å². The van der Waals surface area contributed by atoms with E-state index >= 15 is 0 Å². The molecule has 0 radical (unpaired) electrons. The van der Waals surface area contributed by atoms with Crippen LogP contribution in [0.3, 0.4) is 0 Å². The standard InChI is InChI=1S/C20H23NO7/c1-4-27-20(24)28-15-8-5-13(6-9-15)19(23)21-12-16(22)14-7-10-17(25-2)18(11-14)26-3/h5-11,16,22H,4,12H2,1-3H3,(H,21,23). The molecule has 1 unspecified atom stereocenters. The topological polar surface area (TPSA) is 103 Å². The molecule has 0 aromatic heterocycles. The van der Waals surface area contributed by atoms with Gasteiger partial charge in [-0.3, -0.25) is 4.79 Å². The van der Waals surface area contributed by atoms with Gasteiger partial charge in [-0.2, -0.15) is 0 Å². The van der Waals surface area contributed by atoms with Crippen molar-refractivity contribution >= 4 is 12.1 Å². The van der Waals surface area contributed by atoms with Gasteiger partial charge in [0.25, 0.3) is 5.91 Å². The average molecular weight is 389 g/mol. The first kappa shape index (κ1) is 21.0. The molecular formula is C20H23NO7. The monoisotopic (exact) mass is 389 g/mol. The lowest BCUT2D eigenvalue weighted by atomic mass is 10.1. The number of carbonyl (C=O) groups excluding carboxylic acids is 2. The molecule has 2 N–H and O–H groups in total. The maximum Gasteiger partial charge on any atom is 0.513 e. The van der Waals surface area contributed by atoms with Gasteiger partial charge in [0.2, 0.25) is 0 Å². The second kappa shape index (κ2) is 10.2. The number of aliphatic hydroxyl groups excluding tert-OH is 1. The molecule has 0 aliphatic carbocycles. The van der Waals surface area contributed by atoms with Gasteiger partial charge in [-0.05, 0) is 48.9 Å². The maximum atomic E-state index is 12.2. The van der Waals surface area contributed by atoms with Crippen LogP contribution in [0.2, 0.25) is 0 Å². The van der Waals surface area contributed by atoms with Gasteiger partial charge in [0.05, 0.1) is 26.9 Å². The van der Waals surface area contributed by atoms with Crippen molar-refractivity contribution in [3.05, 3.63) is 53.6 Å². The molecule has 2 rings (SSSR count). The minimum absolute atomic E-state index is 0.00932. The largest absolute Gasteiger partial charge is 0.513 e. The molecule has 0 fully saturated rings. The van der Waals surface area contributed by atoms with Gasteiger partial charge in [-0.15, -0.1) is 0 Å². The van der Waals surface area contributed by atoms with Gasteiger partial charge in [-0.1, -0.05) is 6.07 Å². The molecule has 0 aliphatic rings. The molecular weight excluding hydrogens is 366 g/mol. The molecule has 1 amide bonds. The fraction of sp³-hybridized carbons (Fsp3) is 0.300. The van der Waals surface area contributed by atoms with Gasteiger partial charge in [0, 0.05) is 12.1 Å². The van der Waals surface area contributed by atoms with E-state index in [9.17, 15) is 14.7 Å². The van der Waals surface area contributed by atoms with Crippen molar-refractivity contribution in [1.29, 1.82) is 0 Å². The van der Waals surface area contributed by atoms with Crippen LogP contribution in [0.25, 0.3) is 0 Å². The molecule has 8 nitrogen and oxygen atoms in total. The molecule has 8 heteroatoms. The van der Waals surface area contributed by atoms with Gasteiger partial charge in [-0.25, -0.2) is 4.79 Å². The van der Waals surface area contributed by atoms with Gasteiger partial charge >= 0.3 is 6.16 Å². The number of methoxy groups -OCH3 is 2. The Morgan fingerprint density at radius 3 is 2.32 bits per heavy atom. The number of aliphatic hydroxyl groups is 1. The van der Waals surface area contributed by atoms with E-state index in [1.807, 2.05) is 0 Å². The highest BCUT2D eigenvalue weighted by atomic mass is 16.7. The van der Waals surface area contributed by atoms with Crippen LogP contribution in [0, 0.1) is 0 Å². The summed E-state index contributed by atoms with van der Waals surface area (Å²) in [5, 5.41) is 13.0. The number of benzene rings is 2. The molecule has 28 heavy (non-hydrogen) atoms. The Labute approximate surface area is 163 Å². The van der Waals surface area contributed by atoms with Crippen molar-refractivity contribution in [3.63, 3.8) is 0 Å². The number of ether oxygens (including phenoxy) is 4. The first-order chi connectivity index (χ1) is 13.5. The van der Waals surface area contributed by atoms with Crippen molar-refractivity contribution in [2.45, 2.75) is 13.0 Å². The van der Waals surface area contributed by atoms with Crippen LogP contribution in [0.4, 0.5) is 4.79 Å². The van der Waals surface area contributed by atoms with E-state index in [2.05, 4.69) is 10.1 Å². The summed E-state index contributed by atoms with van der Waals surface area (Å²) < 4.78 is 20.0. The Morgan fingerprint density at radius 1 is 1.04 bits per heavy atom. The second-order valence-electron chi connectivity index (χ2n) is 5.65. The summed E-state index contributed by atoms with van der Waals surface area (Å²) in [5.74, 6) is 0.928. The lowest BCUT2D eigenvalue weighted by Crippen LogP contribution is -2.28. The van der Waals surface area contributed by atoms with Crippen LogP contribution in [-0.4, -0.2) is 44.5 Å². The predicted octanol–water partition coefficient (Wildman–Crippen LogP) is 2.70. The average Bonchev–Trinajstić information content (AvgIpc) is 2.71. The van der Waals surface area contributed by atoms with Crippen LogP contribution in [0.1, 0.15) is 28.9 Å². The number of carbonyl (C=O) groups is 2. The lowest BCUT2D eigenvalue weighted by molar-refractivity contribution is 0.0916. The van der Waals surface area contributed by atoms with Gasteiger partial charge < -0.3 is 29.4 Å².